The second-order valence-corrected chi connectivity index (χ2v) is 6.82. The Balaban J connectivity index is 2.02. The Bertz CT molecular complexity index is 245. The minimum atomic E-state index is 0.417. The largest absolute Gasteiger partial charge is 0.326 e. The predicted molar refractivity (Wildman–Crippen MR) is 78.6 cm³/mol. The van der Waals surface area contributed by atoms with E-state index in [0.717, 1.165) is 17.9 Å². The highest BCUT2D eigenvalue weighted by Gasteiger charge is 2.36. The first-order chi connectivity index (χ1) is 8.63. The molecule has 0 spiro atoms. The van der Waals surface area contributed by atoms with Crippen LogP contribution in [0.3, 0.4) is 0 Å². The maximum Gasteiger partial charge on any atom is 0.0252 e. The molecule has 3 atom stereocenters. The van der Waals surface area contributed by atoms with E-state index >= 15 is 0 Å². The number of hydrogen-bond donors (Lipinski definition) is 1. The van der Waals surface area contributed by atoms with E-state index in [2.05, 4.69) is 25.7 Å². The molecule has 2 aliphatic carbocycles. The van der Waals surface area contributed by atoms with Crippen molar-refractivity contribution in [2.75, 3.05) is 6.54 Å². The highest BCUT2D eigenvalue weighted by Crippen LogP contribution is 2.35. The van der Waals surface area contributed by atoms with Crippen molar-refractivity contribution in [2.45, 2.75) is 83.8 Å². The summed E-state index contributed by atoms with van der Waals surface area (Å²) in [6.45, 7) is 8.27. The lowest BCUT2D eigenvalue weighted by molar-refractivity contribution is 0.0671. The van der Waals surface area contributed by atoms with Crippen molar-refractivity contribution in [2.24, 2.45) is 17.6 Å². The van der Waals surface area contributed by atoms with E-state index in [-0.39, 0.29) is 0 Å². The summed E-state index contributed by atoms with van der Waals surface area (Å²) in [5, 5.41) is 0. The second kappa shape index (κ2) is 6.38. The van der Waals surface area contributed by atoms with Gasteiger partial charge in [0.2, 0.25) is 0 Å². The predicted octanol–water partition coefficient (Wildman–Crippen LogP) is 3.40. The maximum absolute atomic E-state index is 6.44. The molecule has 2 N–H and O–H groups in total. The zero-order valence-corrected chi connectivity index (χ0v) is 12.6. The molecular formula is C16H32N2. The van der Waals surface area contributed by atoms with Gasteiger partial charge < -0.3 is 5.73 Å². The summed E-state index contributed by atoms with van der Waals surface area (Å²) in [5.74, 6) is 1.72. The van der Waals surface area contributed by atoms with Crippen LogP contribution in [0.15, 0.2) is 0 Å². The van der Waals surface area contributed by atoms with Gasteiger partial charge in [0.1, 0.15) is 0 Å². The first-order valence-corrected chi connectivity index (χ1v) is 8.14. The number of rotatable bonds is 4. The quantitative estimate of drug-likeness (QED) is 0.831. The van der Waals surface area contributed by atoms with E-state index < -0.39 is 0 Å². The molecule has 3 unspecified atom stereocenters. The molecule has 2 rings (SSSR count). The van der Waals surface area contributed by atoms with Gasteiger partial charge in [0, 0.05) is 18.1 Å². The van der Waals surface area contributed by atoms with E-state index in [0.29, 0.717) is 12.1 Å². The van der Waals surface area contributed by atoms with E-state index in [1.54, 1.807) is 0 Å². The third kappa shape index (κ3) is 3.08. The Morgan fingerprint density at radius 1 is 1.11 bits per heavy atom. The molecular weight excluding hydrogens is 220 g/mol. The second-order valence-electron chi connectivity index (χ2n) is 6.82. The Labute approximate surface area is 113 Å². The van der Waals surface area contributed by atoms with Crippen LogP contribution in [0.1, 0.15) is 65.7 Å². The van der Waals surface area contributed by atoms with Gasteiger partial charge in [0.15, 0.2) is 0 Å². The molecule has 0 aromatic carbocycles. The molecule has 2 aliphatic rings. The number of nitrogens with zero attached hydrogens (tertiary/aromatic N) is 1. The smallest absolute Gasteiger partial charge is 0.0252 e. The normalized spacial score (nSPS) is 34.7. The van der Waals surface area contributed by atoms with Crippen LogP contribution >= 0.6 is 0 Å². The van der Waals surface area contributed by atoms with Crippen molar-refractivity contribution in [3.8, 4) is 0 Å². The van der Waals surface area contributed by atoms with Crippen molar-refractivity contribution in [3.05, 3.63) is 0 Å². The lowest BCUT2D eigenvalue weighted by Gasteiger charge is -2.44. The van der Waals surface area contributed by atoms with Crippen molar-refractivity contribution in [1.82, 2.24) is 4.90 Å². The molecule has 2 fully saturated rings. The van der Waals surface area contributed by atoms with Crippen molar-refractivity contribution in [3.63, 3.8) is 0 Å². The van der Waals surface area contributed by atoms with Gasteiger partial charge in [-0.05, 0) is 50.5 Å². The van der Waals surface area contributed by atoms with E-state index in [4.69, 9.17) is 5.73 Å². The van der Waals surface area contributed by atoms with E-state index in [1.807, 2.05) is 0 Å². The summed E-state index contributed by atoms with van der Waals surface area (Å²) >= 11 is 0. The summed E-state index contributed by atoms with van der Waals surface area (Å²) in [5.41, 5.74) is 6.44. The monoisotopic (exact) mass is 252 g/mol. The van der Waals surface area contributed by atoms with Gasteiger partial charge in [-0.2, -0.15) is 0 Å². The van der Waals surface area contributed by atoms with Crippen LogP contribution in [-0.4, -0.2) is 29.6 Å². The summed E-state index contributed by atoms with van der Waals surface area (Å²) in [4.78, 5) is 2.76. The molecule has 0 amide bonds. The lowest BCUT2D eigenvalue weighted by Crippen LogP contribution is -2.54. The molecule has 2 saturated carbocycles. The summed E-state index contributed by atoms with van der Waals surface area (Å²) < 4.78 is 0. The van der Waals surface area contributed by atoms with Crippen LogP contribution in [0.4, 0.5) is 0 Å². The Kier molecular flexibility index (Phi) is 5.08. The zero-order valence-electron chi connectivity index (χ0n) is 12.6. The molecule has 2 nitrogen and oxygen atoms in total. The van der Waals surface area contributed by atoms with Gasteiger partial charge >= 0.3 is 0 Å². The molecule has 0 saturated heterocycles. The molecule has 0 heterocycles. The molecule has 2 heteroatoms. The topological polar surface area (TPSA) is 29.3 Å². The van der Waals surface area contributed by atoms with Gasteiger partial charge in [-0.1, -0.05) is 33.6 Å². The van der Waals surface area contributed by atoms with Gasteiger partial charge in [-0.3, -0.25) is 4.90 Å². The van der Waals surface area contributed by atoms with Crippen molar-refractivity contribution >= 4 is 0 Å². The lowest BCUT2D eigenvalue weighted by atomic mass is 9.76. The summed E-state index contributed by atoms with van der Waals surface area (Å²) in [6, 6.07) is 1.90. The molecule has 0 bridgehead atoms. The minimum Gasteiger partial charge on any atom is -0.326 e. The fourth-order valence-electron chi connectivity index (χ4n) is 4.19. The first kappa shape index (κ1) is 14.3. The summed E-state index contributed by atoms with van der Waals surface area (Å²) in [6.07, 6.45) is 9.58. The van der Waals surface area contributed by atoms with Crippen LogP contribution in [0.25, 0.3) is 0 Å². The number of likely N-dealkylation sites (N-methyl/N-ethyl adjacent to an activating group) is 1. The molecule has 18 heavy (non-hydrogen) atoms. The van der Waals surface area contributed by atoms with Crippen molar-refractivity contribution in [1.29, 1.82) is 0 Å². The Hall–Kier alpha value is -0.0800. The number of nitrogens with two attached hydrogens (primary N) is 1. The zero-order chi connectivity index (χ0) is 13.1. The standard InChI is InChI=1S/C16H32N2/c1-4-18(14-7-5-6-8-14)16-11-13(12(2)3)9-10-15(16)17/h12-16H,4-11,17H2,1-3H3. The minimum absolute atomic E-state index is 0.417. The summed E-state index contributed by atoms with van der Waals surface area (Å²) in [7, 11) is 0. The molecule has 0 aromatic rings. The third-order valence-electron chi connectivity index (χ3n) is 5.44. The maximum atomic E-state index is 6.44. The van der Waals surface area contributed by atoms with Crippen LogP contribution < -0.4 is 5.73 Å². The average Bonchev–Trinajstić information content (AvgIpc) is 2.86. The van der Waals surface area contributed by atoms with E-state index in [9.17, 15) is 0 Å². The highest BCUT2D eigenvalue weighted by atomic mass is 15.2. The van der Waals surface area contributed by atoms with Gasteiger partial charge in [0.05, 0.1) is 0 Å². The van der Waals surface area contributed by atoms with Crippen molar-refractivity contribution < 1.29 is 0 Å². The average molecular weight is 252 g/mol. The molecule has 106 valence electrons. The van der Waals surface area contributed by atoms with Crippen LogP contribution in [0.5, 0.6) is 0 Å². The molecule has 0 aliphatic heterocycles. The molecule has 0 radical (unpaired) electrons. The van der Waals surface area contributed by atoms with Gasteiger partial charge in [0.25, 0.3) is 0 Å². The molecule has 0 aromatic heterocycles. The Morgan fingerprint density at radius 3 is 2.33 bits per heavy atom. The first-order valence-electron chi connectivity index (χ1n) is 8.14. The highest BCUT2D eigenvalue weighted by molar-refractivity contribution is 4.93. The third-order valence-corrected chi connectivity index (χ3v) is 5.44. The fraction of sp³-hybridized carbons (Fsp3) is 1.00. The fourth-order valence-corrected chi connectivity index (χ4v) is 4.19. The van der Waals surface area contributed by atoms with Crippen LogP contribution in [0, 0.1) is 11.8 Å². The van der Waals surface area contributed by atoms with Gasteiger partial charge in [-0.25, -0.2) is 0 Å². The van der Waals surface area contributed by atoms with E-state index in [1.165, 1.54) is 51.5 Å². The van der Waals surface area contributed by atoms with Gasteiger partial charge in [-0.15, -0.1) is 0 Å². The van der Waals surface area contributed by atoms with Crippen LogP contribution in [-0.2, 0) is 0 Å². The number of hydrogen-bond acceptors (Lipinski definition) is 2. The SMILES string of the molecule is CCN(C1CCCC1)C1CC(C(C)C)CCC1N. The Morgan fingerprint density at radius 2 is 1.78 bits per heavy atom. The van der Waals surface area contributed by atoms with Crippen LogP contribution in [0.2, 0.25) is 0 Å².